The number of nitrogens with zero attached hydrogens (tertiary/aromatic N) is 3. The first kappa shape index (κ1) is 28.2. The van der Waals surface area contributed by atoms with E-state index in [0.29, 0.717) is 43.2 Å². The Hall–Kier alpha value is -2.33. The van der Waals surface area contributed by atoms with Gasteiger partial charge in [0.2, 0.25) is 5.91 Å². The van der Waals surface area contributed by atoms with Crippen LogP contribution in [-0.2, 0) is 27.2 Å². The van der Waals surface area contributed by atoms with Gasteiger partial charge >= 0.3 is 5.97 Å². The Morgan fingerprint density at radius 3 is 2.56 bits per heavy atom. The zero-order valence-electron chi connectivity index (χ0n) is 21.9. The Morgan fingerprint density at radius 2 is 1.94 bits per heavy atom. The second-order valence-corrected chi connectivity index (χ2v) is 12.0. The lowest BCUT2D eigenvalue weighted by atomic mass is 9.97. The molecule has 1 fully saturated rings. The summed E-state index contributed by atoms with van der Waals surface area (Å²) in [5.74, 6) is 0.228. The second kappa shape index (κ2) is 13.3. The number of carbonyl (C=O) groups is 3. The van der Waals surface area contributed by atoms with Crippen LogP contribution in [0.25, 0.3) is 0 Å². The highest BCUT2D eigenvalue weighted by atomic mass is 32.1. The van der Waals surface area contributed by atoms with Gasteiger partial charge in [-0.05, 0) is 37.5 Å². The third-order valence-corrected chi connectivity index (χ3v) is 8.45. The SMILES string of the molecule is COC(=O)[C@@H](C)C[C@H](Cc1nccs1)NC(=O)c1csc(CCC(C(C)C)N(C)C(=O)CC2CC2)n1. The largest absolute Gasteiger partial charge is 0.469 e. The van der Waals surface area contributed by atoms with Crippen LogP contribution in [0.3, 0.4) is 0 Å². The van der Waals surface area contributed by atoms with E-state index in [1.165, 1.54) is 42.6 Å². The summed E-state index contributed by atoms with van der Waals surface area (Å²) < 4.78 is 4.86. The normalized spacial score (nSPS) is 15.8. The Balaban J connectivity index is 1.59. The molecule has 2 aromatic rings. The molecule has 2 aromatic heterocycles. The first-order valence-corrected chi connectivity index (χ1v) is 14.4. The Labute approximate surface area is 221 Å². The molecule has 1 saturated carbocycles. The maximum atomic E-state index is 13.0. The number of hydrogen-bond acceptors (Lipinski definition) is 8. The van der Waals surface area contributed by atoms with Crippen molar-refractivity contribution in [3.63, 3.8) is 0 Å². The van der Waals surface area contributed by atoms with Gasteiger partial charge in [0.05, 0.1) is 23.0 Å². The van der Waals surface area contributed by atoms with Crippen LogP contribution < -0.4 is 5.32 Å². The monoisotopic (exact) mass is 534 g/mol. The first-order chi connectivity index (χ1) is 17.2. The molecule has 3 atom stereocenters. The number of aromatic nitrogens is 2. The molecule has 0 saturated heterocycles. The van der Waals surface area contributed by atoms with E-state index in [0.717, 1.165) is 16.4 Å². The topological polar surface area (TPSA) is 101 Å². The highest BCUT2D eigenvalue weighted by Gasteiger charge is 2.30. The van der Waals surface area contributed by atoms with Crippen molar-refractivity contribution in [2.75, 3.05) is 14.2 Å². The summed E-state index contributed by atoms with van der Waals surface area (Å²) in [6.45, 7) is 6.08. The highest BCUT2D eigenvalue weighted by molar-refractivity contribution is 7.10. The van der Waals surface area contributed by atoms with Crippen molar-refractivity contribution in [2.24, 2.45) is 17.8 Å². The maximum Gasteiger partial charge on any atom is 0.308 e. The van der Waals surface area contributed by atoms with Crippen molar-refractivity contribution >= 4 is 40.5 Å². The summed E-state index contributed by atoms with van der Waals surface area (Å²) >= 11 is 2.99. The quantitative estimate of drug-likeness (QED) is 0.362. The van der Waals surface area contributed by atoms with Crippen LogP contribution >= 0.6 is 22.7 Å². The van der Waals surface area contributed by atoms with E-state index in [1.807, 2.05) is 17.3 Å². The lowest BCUT2D eigenvalue weighted by Crippen LogP contribution is -2.40. The van der Waals surface area contributed by atoms with Gasteiger partial charge in [0.25, 0.3) is 5.91 Å². The van der Waals surface area contributed by atoms with Crippen molar-refractivity contribution in [2.45, 2.75) is 77.8 Å². The predicted molar refractivity (Wildman–Crippen MR) is 142 cm³/mol. The highest BCUT2D eigenvalue weighted by Crippen LogP contribution is 2.33. The van der Waals surface area contributed by atoms with E-state index in [1.54, 1.807) is 18.5 Å². The number of rotatable bonds is 14. The summed E-state index contributed by atoms with van der Waals surface area (Å²) in [6.07, 6.45) is 7.23. The van der Waals surface area contributed by atoms with Gasteiger partial charge in [0, 0.05) is 55.4 Å². The maximum absolute atomic E-state index is 13.0. The molecule has 2 heterocycles. The van der Waals surface area contributed by atoms with E-state index in [-0.39, 0.29) is 35.8 Å². The Kier molecular flexibility index (Phi) is 10.4. The number of nitrogens with one attached hydrogen (secondary N) is 1. The van der Waals surface area contributed by atoms with Gasteiger partial charge in [-0.1, -0.05) is 20.8 Å². The number of hydrogen-bond donors (Lipinski definition) is 1. The van der Waals surface area contributed by atoms with Gasteiger partial charge in [0.1, 0.15) is 5.69 Å². The van der Waals surface area contributed by atoms with Crippen molar-refractivity contribution < 1.29 is 19.1 Å². The predicted octanol–water partition coefficient (Wildman–Crippen LogP) is 4.36. The zero-order chi connectivity index (χ0) is 26.2. The smallest absolute Gasteiger partial charge is 0.308 e. The summed E-state index contributed by atoms with van der Waals surface area (Å²) in [5, 5.41) is 8.50. The van der Waals surface area contributed by atoms with Crippen LogP contribution in [0.5, 0.6) is 0 Å². The number of thiazole rings is 2. The summed E-state index contributed by atoms with van der Waals surface area (Å²) in [6, 6.07) is -0.126. The second-order valence-electron chi connectivity index (χ2n) is 10.1. The van der Waals surface area contributed by atoms with Crippen LogP contribution in [0.1, 0.15) is 73.4 Å². The van der Waals surface area contributed by atoms with Crippen LogP contribution in [0, 0.1) is 17.8 Å². The van der Waals surface area contributed by atoms with Gasteiger partial charge in [-0.25, -0.2) is 9.97 Å². The summed E-state index contributed by atoms with van der Waals surface area (Å²) in [7, 11) is 3.28. The van der Waals surface area contributed by atoms with E-state index in [4.69, 9.17) is 4.74 Å². The van der Waals surface area contributed by atoms with Crippen LogP contribution in [-0.4, -0.2) is 58.9 Å². The molecule has 198 valence electrons. The molecular formula is C26H38N4O4S2. The molecule has 1 aliphatic carbocycles. The molecule has 8 nitrogen and oxygen atoms in total. The van der Waals surface area contributed by atoms with E-state index < -0.39 is 0 Å². The van der Waals surface area contributed by atoms with Gasteiger partial charge in [-0.15, -0.1) is 22.7 Å². The van der Waals surface area contributed by atoms with Crippen LogP contribution in [0.2, 0.25) is 0 Å². The first-order valence-electron chi connectivity index (χ1n) is 12.6. The minimum Gasteiger partial charge on any atom is -0.469 e. The Bertz CT molecular complexity index is 1000. The molecule has 1 N–H and O–H groups in total. The van der Waals surface area contributed by atoms with Crippen molar-refractivity contribution in [3.05, 3.63) is 32.7 Å². The number of aryl methyl sites for hydroxylation is 1. The average molecular weight is 535 g/mol. The fourth-order valence-electron chi connectivity index (χ4n) is 4.41. The molecule has 1 unspecified atom stereocenters. The minimum absolute atomic E-state index is 0.139. The van der Waals surface area contributed by atoms with E-state index in [9.17, 15) is 14.4 Å². The van der Waals surface area contributed by atoms with Gasteiger partial charge in [0.15, 0.2) is 0 Å². The van der Waals surface area contributed by atoms with Crippen LogP contribution in [0.4, 0.5) is 0 Å². The molecule has 1 aliphatic rings. The molecule has 0 radical (unpaired) electrons. The summed E-state index contributed by atoms with van der Waals surface area (Å²) in [5.41, 5.74) is 0.379. The van der Waals surface area contributed by atoms with E-state index >= 15 is 0 Å². The fraction of sp³-hybridized carbons (Fsp3) is 0.654. The van der Waals surface area contributed by atoms with E-state index in [2.05, 4.69) is 29.1 Å². The number of amides is 2. The standard InChI is InChI=1S/C26H38N4O4S2/c1-16(2)21(30(4)24(31)13-18-6-7-18)8-9-22-29-20(15-36-22)25(32)28-19(12-17(3)26(33)34-5)14-23-27-10-11-35-23/h10-11,15-19,21H,6-9,12-14H2,1-5H3,(H,28,32)/t17-,19+,21?/m0/s1. The van der Waals surface area contributed by atoms with Crippen molar-refractivity contribution in [1.29, 1.82) is 0 Å². The molecule has 3 rings (SSSR count). The number of methoxy groups -OCH3 is 1. The van der Waals surface area contributed by atoms with Crippen molar-refractivity contribution in [1.82, 2.24) is 20.2 Å². The fourth-order valence-corrected chi connectivity index (χ4v) is 5.91. The van der Waals surface area contributed by atoms with Crippen LogP contribution in [0.15, 0.2) is 17.0 Å². The molecule has 10 heteroatoms. The molecule has 2 amide bonds. The average Bonchev–Trinajstić information content (AvgIpc) is 3.29. The number of carbonyl (C=O) groups excluding carboxylic acids is 3. The molecule has 0 spiro atoms. The lowest BCUT2D eigenvalue weighted by Gasteiger charge is -2.31. The lowest BCUT2D eigenvalue weighted by molar-refractivity contribution is -0.145. The molecule has 0 aliphatic heterocycles. The molecule has 0 bridgehead atoms. The number of ether oxygens (including phenoxy) is 1. The molecule has 0 aromatic carbocycles. The third-order valence-electron chi connectivity index (χ3n) is 6.74. The molecule has 36 heavy (non-hydrogen) atoms. The number of esters is 1. The molecular weight excluding hydrogens is 496 g/mol. The van der Waals surface area contributed by atoms with Crippen molar-refractivity contribution in [3.8, 4) is 0 Å². The third kappa shape index (κ3) is 8.37. The Morgan fingerprint density at radius 1 is 1.19 bits per heavy atom. The minimum atomic E-state index is -0.348. The zero-order valence-corrected chi connectivity index (χ0v) is 23.5. The van der Waals surface area contributed by atoms with Gasteiger partial charge in [-0.3, -0.25) is 14.4 Å². The summed E-state index contributed by atoms with van der Waals surface area (Å²) in [4.78, 5) is 48.4. The van der Waals surface area contributed by atoms with Gasteiger partial charge < -0.3 is 15.0 Å². The van der Waals surface area contributed by atoms with Gasteiger partial charge in [-0.2, -0.15) is 0 Å².